The first-order valence-electron chi connectivity index (χ1n) is 11.3. The second kappa shape index (κ2) is 10.7. The zero-order valence-corrected chi connectivity index (χ0v) is 20.6. The van der Waals surface area contributed by atoms with Gasteiger partial charge in [-0.1, -0.05) is 30.3 Å². The summed E-state index contributed by atoms with van der Waals surface area (Å²) in [5.74, 6) is 1.48. The Morgan fingerprint density at radius 2 is 1.49 bits per heavy atom. The van der Waals surface area contributed by atoms with Crippen molar-refractivity contribution in [3.63, 3.8) is 0 Å². The van der Waals surface area contributed by atoms with E-state index >= 15 is 0 Å². The Morgan fingerprint density at radius 1 is 0.857 bits per heavy atom. The number of carbonyl (C=O) groups is 1. The van der Waals surface area contributed by atoms with Crippen LogP contribution in [0.25, 0.3) is 0 Å². The molecule has 3 aromatic rings. The van der Waals surface area contributed by atoms with Gasteiger partial charge < -0.3 is 19.3 Å². The molecule has 0 radical (unpaired) electrons. The zero-order valence-electron chi connectivity index (χ0n) is 19.8. The van der Waals surface area contributed by atoms with E-state index in [1.165, 1.54) is 0 Å². The van der Waals surface area contributed by atoms with Crippen molar-refractivity contribution in [1.29, 1.82) is 0 Å². The third kappa shape index (κ3) is 6.05. The highest BCUT2D eigenvalue weighted by atomic mass is 32.2. The number of benzene rings is 3. The Bertz CT molecular complexity index is 1240. The molecule has 0 bridgehead atoms. The highest BCUT2D eigenvalue weighted by Crippen LogP contribution is 2.33. The molecule has 1 heterocycles. The van der Waals surface area contributed by atoms with E-state index in [2.05, 4.69) is 4.90 Å². The molecule has 4 rings (SSSR count). The quantitative estimate of drug-likeness (QED) is 0.475. The largest absolute Gasteiger partial charge is 0.497 e. The molecular formula is C26H29N3O5S. The van der Waals surface area contributed by atoms with Crippen LogP contribution in [0.15, 0.2) is 78.9 Å². The standard InChI is InChI=1S/C26H29N3O5S/c1-33-22-14-12-21(13-15-22)27-16-18-28(19-17-27)26(30)20-29(35(2,31)32)24-10-6-7-11-25(24)34-23-8-4-3-5-9-23/h3-15H,16-20H2,1-2H3. The monoisotopic (exact) mass is 495 g/mol. The minimum Gasteiger partial charge on any atom is -0.497 e. The summed E-state index contributed by atoms with van der Waals surface area (Å²) >= 11 is 0. The Balaban J connectivity index is 1.46. The van der Waals surface area contributed by atoms with Gasteiger partial charge in [-0.05, 0) is 48.5 Å². The number of hydrogen-bond donors (Lipinski definition) is 0. The molecule has 1 saturated heterocycles. The Kier molecular flexibility index (Phi) is 7.45. The van der Waals surface area contributed by atoms with Crippen molar-refractivity contribution in [2.24, 2.45) is 0 Å². The number of carbonyl (C=O) groups excluding carboxylic acids is 1. The smallest absolute Gasteiger partial charge is 0.243 e. The minimum absolute atomic E-state index is 0.251. The average Bonchev–Trinajstić information content (AvgIpc) is 2.88. The van der Waals surface area contributed by atoms with Gasteiger partial charge in [0, 0.05) is 31.9 Å². The van der Waals surface area contributed by atoms with E-state index in [1.807, 2.05) is 42.5 Å². The van der Waals surface area contributed by atoms with Gasteiger partial charge in [0.15, 0.2) is 5.75 Å². The maximum Gasteiger partial charge on any atom is 0.243 e. The fraction of sp³-hybridized carbons (Fsp3) is 0.269. The number of anilines is 2. The summed E-state index contributed by atoms with van der Waals surface area (Å²) in [6.45, 7) is 2.03. The van der Waals surface area contributed by atoms with Crippen molar-refractivity contribution in [1.82, 2.24) is 4.90 Å². The number of methoxy groups -OCH3 is 1. The second-order valence-electron chi connectivity index (χ2n) is 8.22. The van der Waals surface area contributed by atoms with Crippen molar-refractivity contribution in [2.75, 3.05) is 55.3 Å². The lowest BCUT2D eigenvalue weighted by Crippen LogP contribution is -2.52. The lowest BCUT2D eigenvalue weighted by molar-refractivity contribution is -0.129. The average molecular weight is 496 g/mol. The molecule has 3 aromatic carbocycles. The summed E-state index contributed by atoms with van der Waals surface area (Å²) in [5.41, 5.74) is 1.38. The Hall–Kier alpha value is -3.72. The molecule has 0 aliphatic carbocycles. The van der Waals surface area contributed by atoms with Gasteiger partial charge in [-0.2, -0.15) is 0 Å². The van der Waals surface area contributed by atoms with E-state index in [9.17, 15) is 13.2 Å². The van der Waals surface area contributed by atoms with Gasteiger partial charge in [-0.15, -0.1) is 0 Å². The normalized spacial score (nSPS) is 13.9. The third-order valence-electron chi connectivity index (χ3n) is 5.85. The van der Waals surface area contributed by atoms with Gasteiger partial charge in [0.25, 0.3) is 0 Å². The van der Waals surface area contributed by atoms with Crippen molar-refractivity contribution in [3.8, 4) is 17.2 Å². The fourth-order valence-electron chi connectivity index (χ4n) is 3.98. The van der Waals surface area contributed by atoms with Crippen LogP contribution >= 0.6 is 0 Å². The van der Waals surface area contributed by atoms with E-state index in [-0.39, 0.29) is 12.5 Å². The molecule has 1 fully saturated rings. The van der Waals surface area contributed by atoms with Gasteiger partial charge in [-0.3, -0.25) is 9.10 Å². The van der Waals surface area contributed by atoms with E-state index < -0.39 is 10.0 Å². The number of ether oxygens (including phenoxy) is 2. The molecule has 9 heteroatoms. The van der Waals surface area contributed by atoms with E-state index in [4.69, 9.17) is 9.47 Å². The number of piperazine rings is 1. The number of sulfonamides is 1. The van der Waals surface area contributed by atoms with Gasteiger partial charge in [0.2, 0.25) is 15.9 Å². The Labute approximate surface area is 206 Å². The fourth-order valence-corrected chi connectivity index (χ4v) is 4.83. The van der Waals surface area contributed by atoms with Crippen molar-refractivity contribution in [3.05, 3.63) is 78.9 Å². The highest BCUT2D eigenvalue weighted by Gasteiger charge is 2.28. The summed E-state index contributed by atoms with van der Waals surface area (Å²) in [5, 5.41) is 0. The van der Waals surface area contributed by atoms with E-state index in [0.29, 0.717) is 43.4 Å². The minimum atomic E-state index is -3.74. The number of nitrogens with zero attached hydrogens (tertiary/aromatic N) is 3. The summed E-state index contributed by atoms with van der Waals surface area (Å²) < 4.78 is 37.7. The molecule has 0 saturated carbocycles. The summed E-state index contributed by atoms with van der Waals surface area (Å²) in [7, 11) is -2.11. The van der Waals surface area contributed by atoms with Crippen LogP contribution in [0, 0.1) is 0 Å². The molecule has 184 valence electrons. The lowest BCUT2D eigenvalue weighted by atomic mass is 10.2. The number of rotatable bonds is 8. The number of amides is 1. The number of para-hydroxylation sites is 3. The molecule has 1 aliphatic rings. The molecule has 8 nitrogen and oxygen atoms in total. The summed E-state index contributed by atoms with van der Waals surface area (Å²) in [4.78, 5) is 17.1. The van der Waals surface area contributed by atoms with Gasteiger partial charge >= 0.3 is 0 Å². The van der Waals surface area contributed by atoms with Crippen LogP contribution in [0.3, 0.4) is 0 Å². The van der Waals surface area contributed by atoms with Crippen LogP contribution in [0.4, 0.5) is 11.4 Å². The Morgan fingerprint density at radius 3 is 2.11 bits per heavy atom. The third-order valence-corrected chi connectivity index (χ3v) is 6.98. The highest BCUT2D eigenvalue weighted by molar-refractivity contribution is 7.92. The van der Waals surface area contributed by atoms with Gasteiger partial charge in [0.05, 0.1) is 19.1 Å². The molecule has 1 aliphatic heterocycles. The van der Waals surface area contributed by atoms with Crippen LogP contribution in [0.5, 0.6) is 17.2 Å². The van der Waals surface area contributed by atoms with Gasteiger partial charge in [0.1, 0.15) is 18.0 Å². The van der Waals surface area contributed by atoms with Crippen molar-refractivity contribution < 1.29 is 22.7 Å². The van der Waals surface area contributed by atoms with E-state index in [1.54, 1.807) is 48.4 Å². The molecular weight excluding hydrogens is 466 g/mol. The molecule has 0 N–H and O–H groups in total. The maximum absolute atomic E-state index is 13.2. The second-order valence-corrected chi connectivity index (χ2v) is 10.1. The first-order valence-corrected chi connectivity index (χ1v) is 13.2. The zero-order chi connectivity index (χ0) is 24.8. The summed E-state index contributed by atoms with van der Waals surface area (Å²) in [6, 6.07) is 23.7. The SMILES string of the molecule is COc1ccc(N2CCN(C(=O)CN(c3ccccc3Oc3ccccc3)S(C)(=O)=O)CC2)cc1. The lowest BCUT2D eigenvalue weighted by Gasteiger charge is -2.37. The van der Waals surface area contributed by atoms with Crippen LogP contribution in [0.2, 0.25) is 0 Å². The van der Waals surface area contributed by atoms with Crippen LogP contribution in [0.1, 0.15) is 0 Å². The maximum atomic E-state index is 13.2. The van der Waals surface area contributed by atoms with E-state index in [0.717, 1.165) is 22.0 Å². The first-order chi connectivity index (χ1) is 16.8. The van der Waals surface area contributed by atoms with Crippen LogP contribution in [-0.4, -0.2) is 65.3 Å². The predicted octanol–water partition coefficient (Wildman–Crippen LogP) is 3.60. The topological polar surface area (TPSA) is 79.4 Å². The van der Waals surface area contributed by atoms with Crippen LogP contribution < -0.4 is 18.7 Å². The molecule has 0 atom stereocenters. The molecule has 1 amide bonds. The van der Waals surface area contributed by atoms with Crippen LogP contribution in [-0.2, 0) is 14.8 Å². The van der Waals surface area contributed by atoms with Crippen molar-refractivity contribution >= 4 is 27.3 Å². The summed E-state index contributed by atoms with van der Waals surface area (Å²) in [6.07, 6.45) is 1.10. The van der Waals surface area contributed by atoms with Crippen molar-refractivity contribution in [2.45, 2.75) is 0 Å². The molecule has 0 aromatic heterocycles. The molecule has 35 heavy (non-hydrogen) atoms. The first kappa shape index (κ1) is 24.4. The van der Waals surface area contributed by atoms with Gasteiger partial charge in [-0.25, -0.2) is 8.42 Å². The predicted molar refractivity (Wildman–Crippen MR) is 137 cm³/mol. The number of hydrogen-bond acceptors (Lipinski definition) is 6. The molecule has 0 spiro atoms. The molecule has 0 unspecified atom stereocenters.